The number of nitrogens with zero attached hydrogens (tertiary/aromatic N) is 1. The van der Waals surface area contributed by atoms with E-state index in [0.29, 0.717) is 4.74 Å². The lowest BCUT2D eigenvalue weighted by Gasteiger charge is -2.04. The maximum Gasteiger partial charge on any atom is 0.258 e. The van der Waals surface area contributed by atoms with Gasteiger partial charge < -0.3 is 10.3 Å². The van der Waals surface area contributed by atoms with Crippen LogP contribution in [0.1, 0.15) is 5.56 Å². The maximum atomic E-state index is 11.7. The van der Waals surface area contributed by atoms with E-state index >= 15 is 0 Å². The molecule has 0 spiro atoms. The standard InChI is InChI=1S/C13H11NO2/c15-13-9-5-4-8-12(13)14(16)10-11-6-2-1-3-7-11/h1-10,15H/b14-10-. The quantitative estimate of drug-likeness (QED) is 0.361. The molecular weight excluding hydrogens is 202 g/mol. The predicted octanol–water partition coefficient (Wildman–Crippen LogP) is 2.65. The smallest absolute Gasteiger partial charge is 0.258 e. The van der Waals surface area contributed by atoms with Crippen LogP contribution in [0.15, 0.2) is 54.6 Å². The predicted molar refractivity (Wildman–Crippen MR) is 63.0 cm³/mol. The minimum absolute atomic E-state index is 0.0234. The van der Waals surface area contributed by atoms with Crippen LogP contribution >= 0.6 is 0 Å². The summed E-state index contributed by atoms with van der Waals surface area (Å²) >= 11 is 0. The van der Waals surface area contributed by atoms with Crippen LogP contribution in [-0.4, -0.2) is 16.1 Å². The fourth-order valence-corrected chi connectivity index (χ4v) is 1.39. The Morgan fingerprint density at radius 3 is 2.25 bits per heavy atom. The van der Waals surface area contributed by atoms with Crippen molar-refractivity contribution >= 4 is 11.9 Å². The summed E-state index contributed by atoms with van der Waals surface area (Å²) < 4.78 is 0.657. The first-order chi connectivity index (χ1) is 7.77. The van der Waals surface area contributed by atoms with Crippen molar-refractivity contribution < 1.29 is 9.85 Å². The Labute approximate surface area is 93.5 Å². The molecule has 0 aliphatic carbocycles. The van der Waals surface area contributed by atoms with Crippen molar-refractivity contribution in [3.8, 4) is 5.75 Å². The number of phenols is 1. The third-order valence-electron chi connectivity index (χ3n) is 2.19. The van der Waals surface area contributed by atoms with Crippen LogP contribution in [0.4, 0.5) is 5.69 Å². The molecule has 2 rings (SSSR count). The molecule has 0 aliphatic heterocycles. The lowest BCUT2D eigenvalue weighted by Crippen LogP contribution is -1.98. The molecule has 80 valence electrons. The molecule has 3 heteroatoms. The molecule has 0 bridgehead atoms. The Kier molecular flexibility index (Phi) is 2.87. The van der Waals surface area contributed by atoms with Gasteiger partial charge in [-0.25, -0.2) is 0 Å². The van der Waals surface area contributed by atoms with Crippen molar-refractivity contribution in [2.75, 3.05) is 0 Å². The number of hydrogen-bond acceptors (Lipinski definition) is 2. The normalized spacial score (nSPS) is 11.4. The Morgan fingerprint density at radius 2 is 1.56 bits per heavy atom. The molecule has 1 N–H and O–H groups in total. The molecule has 0 aliphatic rings. The SMILES string of the molecule is [O-]/[N+](=C\c1ccccc1)c1ccccc1O. The molecule has 0 heterocycles. The molecular formula is C13H11NO2. The Hall–Kier alpha value is -2.29. The average molecular weight is 213 g/mol. The molecule has 0 fully saturated rings. The zero-order chi connectivity index (χ0) is 11.4. The van der Waals surface area contributed by atoms with Crippen molar-refractivity contribution in [3.05, 3.63) is 65.4 Å². The summed E-state index contributed by atoms with van der Waals surface area (Å²) in [5.74, 6) is -0.0234. The van der Waals surface area contributed by atoms with E-state index in [1.165, 1.54) is 12.3 Å². The highest BCUT2D eigenvalue weighted by Crippen LogP contribution is 2.23. The zero-order valence-electron chi connectivity index (χ0n) is 8.58. The molecule has 0 radical (unpaired) electrons. The first-order valence-corrected chi connectivity index (χ1v) is 4.91. The number of rotatable bonds is 2. The van der Waals surface area contributed by atoms with Crippen LogP contribution in [0.5, 0.6) is 5.75 Å². The minimum Gasteiger partial charge on any atom is -0.618 e. The van der Waals surface area contributed by atoms with E-state index < -0.39 is 0 Å². The summed E-state index contributed by atoms with van der Waals surface area (Å²) in [5, 5.41) is 21.2. The maximum absolute atomic E-state index is 11.7. The molecule has 0 amide bonds. The van der Waals surface area contributed by atoms with Gasteiger partial charge in [-0.1, -0.05) is 30.3 Å². The van der Waals surface area contributed by atoms with Crippen LogP contribution in [0.3, 0.4) is 0 Å². The van der Waals surface area contributed by atoms with Gasteiger partial charge in [0.25, 0.3) is 5.69 Å². The van der Waals surface area contributed by atoms with Gasteiger partial charge in [0.15, 0.2) is 12.0 Å². The molecule has 3 nitrogen and oxygen atoms in total. The lowest BCUT2D eigenvalue weighted by atomic mass is 10.2. The monoisotopic (exact) mass is 213 g/mol. The van der Waals surface area contributed by atoms with Crippen LogP contribution < -0.4 is 0 Å². The minimum atomic E-state index is -0.0234. The third kappa shape index (κ3) is 2.20. The van der Waals surface area contributed by atoms with Crippen LogP contribution in [-0.2, 0) is 0 Å². The first kappa shape index (κ1) is 10.2. The van der Waals surface area contributed by atoms with E-state index in [4.69, 9.17) is 0 Å². The summed E-state index contributed by atoms with van der Waals surface area (Å²) in [5.41, 5.74) is 1.03. The van der Waals surface area contributed by atoms with Crippen molar-refractivity contribution in [1.82, 2.24) is 0 Å². The fraction of sp³-hybridized carbons (Fsp3) is 0. The Morgan fingerprint density at radius 1 is 0.938 bits per heavy atom. The zero-order valence-corrected chi connectivity index (χ0v) is 8.58. The number of benzene rings is 2. The summed E-state index contributed by atoms with van der Waals surface area (Å²) in [4.78, 5) is 0. The molecule has 2 aromatic carbocycles. The molecule has 0 aromatic heterocycles. The lowest BCUT2D eigenvalue weighted by molar-refractivity contribution is -0.355. The van der Waals surface area contributed by atoms with Crippen molar-refractivity contribution in [3.63, 3.8) is 0 Å². The highest BCUT2D eigenvalue weighted by Gasteiger charge is 2.06. The topological polar surface area (TPSA) is 46.3 Å². The number of phenolic OH excluding ortho intramolecular Hbond substituents is 1. The summed E-state index contributed by atoms with van der Waals surface area (Å²) in [6.07, 6.45) is 1.43. The highest BCUT2D eigenvalue weighted by atomic mass is 16.5. The molecule has 16 heavy (non-hydrogen) atoms. The van der Waals surface area contributed by atoms with E-state index in [0.717, 1.165) is 5.56 Å². The first-order valence-electron chi connectivity index (χ1n) is 4.91. The molecule has 0 atom stereocenters. The van der Waals surface area contributed by atoms with E-state index in [1.54, 1.807) is 18.2 Å². The molecule has 2 aromatic rings. The summed E-state index contributed by atoms with van der Waals surface area (Å²) in [6, 6.07) is 15.7. The van der Waals surface area contributed by atoms with Gasteiger partial charge in [-0.05, 0) is 18.2 Å². The van der Waals surface area contributed by atoms with E-state index in [2.05, 4.69) is 0 Å². The van der Waals surface area contributed by atoms with Gasteiger partial charge in [0.1, 0.15) is 0 Å². The van der Waals surface area contributed by atoms with Gasteiger partial charge >= 0.3 is 0 Å². The summed E-state index contributed by atoms with van der Waals surface area (Å²) in [7, 11) is 0. The average Bonchev–Trinajstić information content (AvgIpc) is 2.31. The third-order valence-corrected chi connectivity index (χ3v) is 2.19. The van der Waals surface area contributed by atoms with Gasteiger partial charge in [0.2, 0.25) is 0 Å². The second-order valence-electron chi connectivity index (χ2n) is 3.35. The largest absolute Gasteiger partial charge is 0.618 e. The number of aromatic hydroxyl groups is 1. The van der Waals surface area contributed by atoms with Crippen LogP contribution in [0, 0.1) is 5.21 Å². The second kappa shape index (κ2) is 4.49. The van der Waals surface area contributed by atoms with Crippen LogP contribution in [0.25, 0.3) is 0 Å². The molecule has 0 saturated heterocycles. The highest BCUT2D eigenvalue weighted by molar-refractivity contribution is 5.76. The molecule has 0 unspecified atom stereocenters. The second-order valence-corrected chi connectivity index (χ2v) is 3.35. The van der Waals surface area contributed by atoms with Gasteiger partial charge in [0, 0.05) is 11.6 Å². The van der Waals surface area contributed by atoms with Gasteiger partial charge in [-0.2, -0.15) is 4.74 Å². The van der Waals surface area contributed by atoms with Crippen molar-refractivity contribution in [2.24, 2.45) is 0 Å². The number of hydrogen-bond donors (Lipinski definition) is 1. The summed E-state index contributed by atoms with van der Waals surface area (Å²) in [6.45, 7) is 0. The van der Waals surface area contributed by atoms with Gasteiger partial charge in [-0.15, -0.1) is 0 Å². The van der Waals surface area contributed by atoms with E-state index in [9.17, 15) is 10.3 Å². The van der Waals surface area contributed by atoms with Gasteiger partial charge in [0.05, 0.1) is 0 Å². The van der Waals surface area contributed by atoms with Crippen molar-refractivity contribution in [1.29, 1.82) is 0 Å². The van der Waals surface area contributed by atoms with E-state index in [1.807, 2.05) is 30.3 Å². The molecule has 0 saturated carbocycles. The Bertz CT molecular complexity index is 506. The van der Waals surface area contributed by atoms with E-state index in [-0.39, 0.29) is 11.4 Å². The fourth-order valence-electron chi connectivity index (χ4n) is 1.39. The van der Waals surface area contributed by atoms with Crippen molar-refractivity contribution in [2.45, 2.75) is 0 Å². The van der Waals surface area contributed by atoms with Gasteiger partial charge in [-0.3, -0.25) is 0 Å². The Balaban J connectivity index is 2.36. The number of para-hydroxylation sites is 2. The van der Waals surface area contributed by atoms with Crippen LogP contribution in [0.2, 0.25) is 0 Å².